The molecule has 0 aliphatic carbocycles. The minimum atomic E-state index is -1.11. The number of aliphatic carboxylic acids is 1. The first kappa shape index (κ1) is 10.2. The van der Waals surface area contributed by atoms with Crippen molar-refractivity contribution in [2.24, 2.45) is 7.05 Å². The number of fused-ring (bicyclic) bond motifs is 1. The fourth-order valence-corrected chi connectivity index (χ4v) is 1.55. The zero-order valence-corrected chi connectivity index (χ0v) is 8.77. The van der Waals surface area contributed by atoms with Crippen molar-refractivity contribution in [2.75, 3.05) is 0 Å². The third-order valence-electron chi connectivity index (χ3n) is 2.32. The van der Waals surface area contributed by atoms with Crippen LogP contribution in [0.3, 0.4) is 0 Å². The maximum atomic E-state index is 10.2. The van der Waals surface area contributed by atoms with Gasteiger partial charge in [-0.25, -0.2) is 9.78 Å². The van der Waals surface area contributed by atoms with Gasteiger partial charge in [0.1, 0.15) is 5.82 Å². The molecular weight excluding hydrogens is 204 g/mol. The Bertz CT molecular complexity index is 602. The van der Waals surface area contributed by atoms with Crippen molar-refractivity contribution in [3.05, 3.63) is 30.1 Å². The van der Waals surface area contributed by atoms with Crippen LogP contribution in [-0.4, -0.2) is 20.6 Å². The summed E-state index contributed by atoms with van der Waals surface area (Å²) in [6.07, 6.45) is 0.345. The van der Waals surface area contributed by atoms with Gasteiger partial charge < -0.3 is 9.67 Å². The molecule has 4 nitrogen and oxygen atoms in total. The van der Waals surface area contributed by atoms with Crippen LogP contribution in [0.15, 0.2) is 24.3 Å². The molecule has 80 valence electrons. The van der Waals surface area contributed by atoms with Crippen molar-refractivity contribution < 1.29 is 9.90 Å². The van der Waals surface area contributed by atoms with Gasteiger partial charge in [0.2, 0.25) is 0 Å². The summed E-state index contributed by atoms with van der Waals surface area (Å²) in [6, 6.07) is 7.75. The number of aryl methyl sites for hydroxylation is 1. The summed E-state index contributed by atoms with van der Waals surface area (Å²) in [5.41, 5.74) is 1.92. The largest absolute Gasteiger partial charge is 0.472 e. The van der Waals surface area contributed by atoms with E-state index in [2.05, 4.69) is 16.8 Å². The van der Waals surface area contributed by atoms with E-state index in [1.807, 2.05) is 35.9 Å². The highest BCUT2D eigenvalue weighted by Crippen LogP contribution is 2.13. The van der Waals surface area contributed by atoms with Crippen LogP contribution in [-0.2, 0) is 18.3 Å². The van der Waals surface area contributed by atoms with Crippen molar-refractivity contribution in [1.82, 2.24) is 9.55 Å². The maximum absolute atomic E-state index is 10.2. The zero-order chi connectivity index (χ0) is 11.5. The van der Waals surface area contributed by atoms with Crippen molar-refractivity contribution in [3.63, 3.8) is 0 Å². The van der Waals surface area contributed by atoms with E-state index in [0.29, 0.717) is 6.42 Å². The molecule has 0 saturated heterocycles. The van der Waals surface area contributed by atoms with E-state index in [4.69, 9.17) is 5.11 Å². The summed E-state index contributed by atoms with van der Waals surface area (Å²) in [5, 5.41) is 8.40. The molecule has 0 aliphatic heterocycles. The average Bonchev–Trinajstić information content (AvgIpc) is 2.56. The number of hydrogen-bond donors (Lipinski definition) is 1. The molecule has 0 aliphatic rings. The molecule has 1 aromatic carbocycles. The Morgan fingerprint density at radius 3 is 2.94 bits per heavy atom. The van der Waals surface area contributed by atoms with E-state index in [0.717, 1.165) is 16.9 Å². The standard InChI is InChI=1S/C12H10N2O2/c1-14-10-6-3-2-5-9(10)13-11(14)7-4-8-12(15)16/h2-3,5-6H,7H2,1H3,(H,15,16). The third-order valence-corrected chi connectivity index (χ3v) is 2.32. The molecule has 0 amide bonds. The van der Waals surface area contributed by atoms with Gasteiger partial charge in [0, 0.05) is 13.0 Å². The summed E-state index contributed by atoms with van der Waals surface area (Å²) in [7, 11) is 1.90. The van der Waals surface area contributed by atoms with Gasteiger partial charge in [-0.3, -0.25) is 0 Å². The predicted octanol–water partition coefficient (Wildman–Crippen LogP) is 1.20. The molecule has 1 heterocycles. The quantitative estimate of drug-likeness (QED) is 0.726. The van der Waals surface area contributed by atoms with Crippen LogP contribution in [0, 0.1) is 11.8 Å². The molecule has 4 heteroatoms. The minimum absolute atomic E-state index is 0.345. The Hall–Kier alpha value is -2.28. The van der Waals surface area contributed by atoms with Crippen LogP contribution in [0.1, 0.15) is 5.82 Å². The van der Waals surface area contributed by atoms with E-state index < -0.39 is 5.97 Å². The third kappa shape index (κ3) is 1.89. The Labute approximate surface area is 92.5 Å². The van der Waals surface area contributed by atoms with Crippen LogP contribution in [0.5, 0.6) is 0 Å². The highest BCUT2D eigenvalue weighted by molar-refractivity contribution is 5.86. The number of benzene rings is 1. The first-order chi connectivity index (χ1) is 7.68. The van der Waals surface area contributed by atoms with Crippen LogP contribution in [0.2, 0.25) is 0 Å². The number of rotatable bonds is 1. The van der Waals surface area contributed by atoms with Crippen LogP contribution >= 0.6 is 0 Å². The summed E-state index contributed by atoms with van der Waals surface area (Å²) < 4.78 is 1.92. The molecule has 0 bridgehead atoms. The second-order valence-corrected chi connectivity index (χ2v) is 3.36. The van der Waals surface area contributed by atoms with E-state index in [1.54, 1.807) is 0 Å². The lowest BCUT2D eigenvalue weighted by Gasteiger charge is -1.96. The van der Waals surface area contributed by atoms with Gasteiger partial charge in [0.05, 0.1) is 17.5 Å². The van der Waals surface area contributed by atoms with Gasteiger partial charge in [-0.1, -0.05) is 18.1 Å². The average molecular weight is 214 g/mol. The number of para-hydroxylation sites is 2. The van der Waals surface area contributed by atoms with Crippen molar-refractivity contribution >= 4 is 17.0 Å². The fourth-order valence-electron chi connectivity index (χ4n) is 1.55. The lowest BCUT2D eigenvalue weighted by molar-refractivity contribution is -0.130. The fraction of sp³-hybridized carbons (Fsp3) is 0.167. The van der Waals surface area contributed by atoms with Crippen molar-refractivity contribution in [1.29, 1.82) is 0 Å². The van der Waals surface area contributed by atoms with Crippen molar-refractivity contribution in [2.45, 2.75) is 6.42 Å². The van der Waals surface area contributed by atoms with Gasteiger partial charge in [0.15, 0.2) is 0 Å². The second kappa shape index (κ2) is 4.07. The highest BCUT2D eigenvalue weighted by Gasteiger charge is 2.04. The van der Waals surface area contributed by atoms with Crippen LogP contribution in [0.4, 0.5) is 0 Å². The summed E-state index contributed by atoms with van der Waals surface area (Å²) in [4.78, 5) is 14.6. The van der Waals surface area contributed by atoms with E-state index in [-0.39, 0.29) is 0 Å². The lowest BCUT2D eigenvalue weighted by Crippen LogP contribution is -1.97. The first-order valence-corrected chi connectivity index (χ1v) is 4.80. The number of carboxylic acids is 1. The summed E-state index contributed by atoms with van der Waals surface area (Å²) in [6.45, 7) is 0. The predicted molar refractivity (Wildman–Crippen MR) is 59.8 cm³/mol. The second-order valence-electron chi connectivity index (χ2n) is 3.36. The molecule has 16 heavy (non-hydrogen) atoms. The van der Waals surface area contributed by atoms with Crippen LogP contribution in [0.25, 0.3) is 11.0 Å². The van der Waals surface area contributed by atoms with E-state index >= 15 is 0 Å². The molecule has 0 atom stereocenters. The SMILES string of the molecule is Cn1c(CC#CC(=O)O)nc2ccccc21. The summed E-state index contributed by atoms with van der Waals surface area (Å²) in [5.74, 6) is 4.31. The molecule has 0 unspecified atom stereocenters. The Morgan fingerprint density at radius 2 is 2.25 bits per heavy atom. The topological polar surface area (TPSA) is 55.1 Å². The lowest BCUT2D eigenvalue weighted by atomic mass is 10.3. The maximum Gasteiger partial charge on any atom is 0.381 e. The van der Waals surface area contributed by atoms with Crippen LogP contribution < -0.4 is 0 Å². The zero-order valence-electron chi connectivity index (χ0n) is 8.77. The number of aromatic nitrogens is 2. The molecule has 1 N–H and O–H groups in total. The molecule has 0 saturated carbocycles. The van der Waals surface area contributed by atoms with Gasteiger partial charge in [-0.15, -0.1) is 0 Å². The molecule has 2 rings (SSSR count). The molecular formula is C12H10N2O2. The number of imidazole rings is 1. The minimum Gasteiger partial charge on any atom is -0.472 e. The number of carbonyl (C=O) groups is 1. The van der Waals surface area contributed by atoms with E-state index in [1.165, 1.54) is 0 Å². The van der Waals surface area contributed by atoms with Gasteiger partial charge in [0.25, 0.3) is 0 Å². The molecule has 2 aromatic rings. The molecule has 1 aromatic heterocycles. The normalized spacial score (nSPS) is 9.81. The van der Waals surface area contributed by atoms with Gasteiger partial charge in [-0.05, 0) is 12.1 Å². The molecule has 0 fully saturated rings. The Morgan fingerprint density at radius 1 is 1.50 bits per heavy atom. The van der Waals surface area contributed by atoms with Gasteiger partial charge in [-0.2, -0.15) is 0 Å². The Balaban J connectivity index is 2.36. The molecule has 0 radical (unpaired) electrons. The van der Waals surface area contributed by atoms with Crippen molar-refractivity contribution in [3.8, 4) is 11.8 Å². The van der Waals surface area contributed by atoms with E-state index in [9.17, 15) is 4.79 Å². The molecule has 0 spiro atoms. The first-order valence-electron chi connectivity index (χ1n) is 4.80. The monoisotopic (exact) mass is 214 g/mol. The smallest absolute Gasteiger partial charge is 0.381 e. The Kier molecular flexibility index (Phi) is 2.61. The van der Waals surface area contributed by atoms with Gasteiger partial charge >= 0.3 is 5.97 Å². The number of carboxylic acid groups (broad SMARTS) is 1. The number of nitrogens with zero attached hydrogens (tertiary/aromatic N) is 2. The number of hydrogen-bond acceptors (Lipinski definition) is 2. The summed E-state index contributed by atoms with van der Waals surface area (Å²) >= 11 is 0. The highest BCUT2D eigenvalue weighted by atomic mass is 16.4.